The number of rotatable bonds is 4. The maximum Gasteiger partial charge on any atom is 0.134 e. The molecule has 0 aliphatic rings. The van der Waals surface area contributed by atoms with E-state index in [1.54, 1.807) is 6.26 Å². The van der Waals surface area contributed by atoms with Gasteiger partial charge in [0.25, 0.3) is 0 Å². The van der Waals surface area contributed by atoms with Gasteiger partial charge in [-0.25, -0.2) is 0 Å². The molecule has 3 N–H and O–H groups in total. The van der Waals surface area contributed by atoms with Crippen LogP contribution in [-0.4, -0.2) is 0 Å². The van der Waals surface area contributed by atoms with E-state index in [4.69, 9.17) is 10.3 Å². The third-order valence-corrected chi connectivity index (χ3v) is 2.79. The van der Waals surface area contributed by atoms with E-state index in [9.17, 15) is 0 Å². The van der Waals surface area contributed by atoms with Crippen LogP contribution >= 0.6 is 0 Å². The molecule has 0 saturated carbocycles. The first-order chi connectivity index (χ1) is 7.72. The molecule has 1 aromatic heterocycles. The predicted octanol–water partition coefficient (Wildman–Crippen LogP) is 2.98. The summed E-state index contributed by atoms with van der Waals surface area (Å²) in [7, 11) is 0. The Bertz CT molecular complexity index is 462. The number of para-hydroxylation sites is 1. The monoisotopic (exact) mass is 218 g/mol. The van der Waals surface area contributed by atoms with Crippen LogP contribution in [-0.2, 0) is 0 Å². The highest BCUT2D eigenvalue weighted by molar-refractivity contribution is 5.81. The lowest BCUT2D eigenvalue weighted by atomic mass is 9.97. The third-order valence-electron chi connectivity index (χ3n) is 2.79. The fraction of sp³-hybridized carbons (Fsp3) is 0.385. The summed E-state index contributed by atoms with van der Waals surface area (Å²) in [4.78, 5) is 0. The van der Waals surface area contributed by atoms with Gasteiger partial charge in [-0.3, -0.25) is 11.3 Å². The summed E-state index contributed by atoms with van der Waals surface area (Å²) in [5.74, 6) is 6.20. The first kappa shape index (κ1) is 11.2. The molecule has 16 heavy (non-hydrogen) atoms. The molecule has 0 amide bonds. The standard InChI is InChI=1S/C13H18N2O/c1-9(2)7-12(15-14)11-8-16-13-6-4-3-5-10(11)13/h3-6,8-9,12,15H,7,14H2,1-2H3. The van der Waals surface area contributed by atoms with Gasteiger partial charge in [-0.1, -0.05) is 32.0 Å². The third kappa shape index (κ3) is 2.10. The molecule has 0 saturated heterocycles. The number of fused-ring (bicyclic) bond motifs is 1. The van der Waals surface area contributed by atoms with Crippen LogP contribution in [0.1, 0.15) is 31.9 Å². The molecule has 3 nitrogen and oxygen atoms in total. The van der Waals surface area contributed by atoms with Crippen molar-refractivity contribution in [3.63, 3.8) is 0 Å². The van der Waals surface area contributed by atoms with Crippen LogP contribution in [0.3, 0.4) is 0 Å². The minimum Gasteiger partial charge on any atom is -0.464 e. The molecule has 2 aromatic rings. The minimum atomic E-state index is 0.156. The number of hydrogen-bond donors (Lipinski definition) is 2. The van der Waals surface area contributed by atoms with Gasteiger partial charge in [-0.2, -0.15) is 0 Å². The van der Waals surface area contributed by atoms with Gasteiger partial charge >= 0.3 is 0 Å². The second kappa shape index (κ2) is 4.68. The summed E-state index contributed by atoms with van der Waals surface area (Å²) in [5.41, 5.74) is 4.93. The Hall–Kier alpha value is -1.32. The van der Waals surface area contributed by atoms with Gasteiger partial charge in [0.15, 0.2) is 0 Å². The number of nitrogens with one attached hydrogen (secondary N) is 1. The zero-order valence-electron chi connectivity index (χ0n) is 9.73. The van der Waals surface area contributed by atoms with Crippen LogP contribution in [0.5, 0.6) is 0 Å². The fourth-order valence-electron chi connectivity index (χ4n) is 2.02. The van der Waals surface area contributed by atoms with Crippen LogP contribution in [0, 0.1) is 5.92 Å². The average Bonchev–Trinajstić information content (AvgIpc) is 2.69. The fourth-order valence-corrected chi connectivity index (χ4v) is 2.02. The molecule has 0 fully saturated rings. The maximum atomic E-state index is 5.61. The van der Waals surface area contributed by atoms with E-state index in [0.717, 1.165) is 23.0 Å². The highest BCUT2D eigenvalue weighted by Gasteiger charge is 2.16. The SMILES string of the molecule is CC(C)CC(NN)c1coc2ccccc12. The van der Waals surface area contributed by atoms with E-state index in [1.165, 1.54) is 0 Å². The van der Waals surface area contributed by atoms with Gasteiger partial charge in [0.2, 0.25) is 0 Å². The highest BCUT2D eigenvalue weighted by Crippen LogP contribution is 2.29. The minimum absolute atomic E-state index is 0.156. The second-order valence-corrected chi connectivity index (χ2v) is 4.54. The van der Waals surface area contributed by atoms with E-state index >= 15 is 0 Å². The van der Waals surface area contributed by atoms with Gasteiger partial charge in [0.1, 0.15) is 5.58 Å². The Kier molecular flexibility index (Phi) is 3.27. The molecular formula is C13H18N2O. The molecular weight excluding hydrogens is 200 g/mol. The van der Waals surface area contributed by atoms with Gasteiger partial charge in [-0.15, -0.1) is 0 Å². The van der Waals surface area contributed by atoms with Gasteiger partial charge < -0.3 is 4.42 Å². The second-order valence-electron chi connectivity index (χ2n) is 4.54. The van der Waals surface area contributed by atoms with Crippen molar-refractivity contribution in [3.8, 4) is 0 Å². The Morgan fingerprint density at radius 1 is 1.31 bits per heavy atom. The zero-order chi connectivity index (χ0) is 11.5. The van der Waals surface area contributed by atoms with Gasteiger partial charge in [-0.05, 0) is 18.4 Å². The van der Waals surface area contributed by atoms with Crippen LogP contribution in [0.25, 0.3) is 11.0 Å². The maximum absolute atomic E-state index is 5.61. The van der Waals surface area contributed by atoms with E-state index in [0.29, 0.717) is 5.92 Å². The highest BCUT2D eigenvalue weighted by atomic mass is 16.3. The Balaban J connectivity index is 2.37. The number of furan rings is 1. The summed E-state index contributed by atoms with van der Waals surface area (Å²) in [5, 5.41) is 1.14. The van der Waals surface area contributed by atoms with Crippen LogP contribution in [0.2, 0.25) is 0 Å². The van der Waals surface area contributed by atoms with Crippen LogP contribution in [0.15, 0.2) is 34.9 Å². The Morgan fingerprint density at radius 2 is 2.06 bits per heavy atom. The summed E-state index contributed by atoms with van der Waals surface area (Å²) >= 11 is 0. The van der Waals surface area contributed by atoms with E-state index in [-0.39, 0.29) is 6.04 Å². The smallest absolute Gasteiger partial charge is 0.134 e. The number of benzene rings is 1. The number of nitrogens with two attached hydrogens (primary N) is 1. The molecule has 1 atom stereocenters. The number of hydrazine groups is 1. The zero-order valence-corrected chi connectivity index (χ0v) is 9.73. The first-order valence-corrected chi connectivity index (χ1v) is 5.64. The van der Waals surface area contributed by atoms with Crippen LogP contribution in [0.4, 0.5) is 0 Å². The Morgan fingerprint density at radius 3 is 2.75 bits per heavy atom. The van der Waals surface area contributed by atoms with E-state index in [2.05, 4.69) is 25.3 Å². The van der Waals surface area contributed by atoms with Crippen LogP contribution < -0.4 is 11.3 Å². The molecule has 2 rings (SSSR count). The molecule has 1 unspecified atom stereocenters. The van der Waals surface area contributed by atoms with Gasteiger partial charge in [0, 0.05) is 17.0 Å². The van der Waals surface area contributed by atoms with Crippen molar-refractivity contribution in [2.45, 2.75) is 26.3 Å². The molecule has 86 valence electrons. The topological polar surface area (TPSA) is 51.2 Å². The van der Waals surface area contributed by atoms with E-state index in [1.807, 2.05) is 18.2 Å². The first-order valence-electron chi connectivity index (χ1n) is 5.64. The van der Waals surface area contributed by atoms with Crippen molar-refractivity contribution >= 4 is 11.0 Å². The molecule has 0 bridgehead atoms. The lowest BCUT2D eigenvalue weighted by Gasteiger charge is -2.16. The molecule has 3 heteroatoms. The number of hydrogen-bond acceptors (Lipinski definition) is 3. The Labute approximate surface area is 95.6 Å². The van der Waals surface area contributed by atoms with E-state index < -0.39 is 0 Å². The predicted molar refractivity (Wildman–Crippen MR) is 65.7 cm³/mol. The molecule has 0 radical (unpaired) electrons. The molecule has 0 aliphatic carbocycles. The van der Waals surface area contributed by atoms with Crippen molar-refractivity contribution in [2.75, 3.05) is 0 Å². The average molecular weight is 218 g/mol. The molecule has 1 aromatic carbocycles. The lowest BCUT2D eigenvalue weighted by molar-refractivity contribution is 0.435. The van der Waals surface area contributed by atoms with Crippen molar-refractivity contribution in [2.24, 2.45) is 11.8 Å². The summed E-state index contributed by atoms with van der Waals surface area (Å²) in [6.45, 7) is 4.37. The largest absolute Gasteiger partial charge is 0.464 e. The van der Waals surface area contributed by atoms with Crippen molar-refractivity contribution < 1.29 is 4.42 Å². The van der Waals surface area contributed by atoms with Gasteiger partial charge in [0.05, 0.1) is 6.26 Å². The normalized spacial score (nSPS) is 13.5. The summed E-state index contributed by atoms with van der Waals surface area (Å²) in [6, 6.07) is 8.19. The molecule has 0 aliphatic heterocycles. The lowest BCUT2D eigenvalue weighted by Crippen LogP contribution is -2.28. The van der Waals surface area contributed by atoms with Crippen molar-refractivity contribution in [3.05, 3.63) is 36.1 Å². The molecule has 0 spiro atoms. The summed E-state index contributed by atoms with van der Waals surface area (Å²) < 4.78 is 5.52. The molecule has 1 heterocycles. The summed E-state index contributed by atoms with van der Waals surface area (Å²) in [6.07, 6.45) is 2.80. The van der Waals surface area contributed by atoms with Crippen molar-refractivity contribution in [1.82, 2.24) is 5.43 Å². The van der Waals surface area contributed by atoms with Crippen molar-refractivity contribution in [1.29, 1.82) is 0 Å². The quantitative estimate of drug-likeness (QED) is 0.612.